The first-order valence-electron chi connectivity index (χ1n) is 5.52. The largest absolute Gasteiger partial charge is 0.325 e. The van der Waals surface area contributed by atoms with Gasteiger partial charge in [-0.15, -0.1) is 0 Å². The predicted octanol–water partition coefficient (Wildman–Crippen LogP) is 3.84. The van der Waals surface area contributed by atoms with E-state index < -0.39 is 0 Å². The lowest BCUT2D eigenvalue weighted by atomic mass is 10.1. The van der Waals surface area contributed by atoms with Crippen LogP contribution in [0, 0.1) is 5.82 Å². The van der Waals surface area contributed by atoms with Gasteiger partial charge in [0, 0.05) is 16.9 Å². The maximum Gasteiger partial charge on any atom is 0.152 e. The number of nitrogens with zero attached hydrogens (tertiary/aromatic N) is 2. The van der Waals surface area contributed by atoms with Crippen molar-refractivity contribution in [1.82, 2.24) is 9.55 Å². The smallest absolute Gasteiger partial charge is 0.152 e. The molecule has 2 heterocycles. The monoisotopic (exact) mass is 282 g/mol. The predicted molar refractivity (Wildman–Crippen MR) is 65.0 cm³/mol. The molecule has 2 nitrogen and oxygen atoms in total. The fraction of sp³-hybridized carbons (Fsp3) is 0.417. The summed E-state index contributed by atoms with van der Waals surface area (Å²) in [7, 11) is 0. The zero-order valence-corrected chi connectivity index (χ0v) is 10.6. The Morgan fingerprint density at radius 3 is 3.12 bits per heavy atom. The number of aromatic nitrogens is 2. The number of hydrogen-bond donors (Lipinski definition) is 0. The Kier molecular flexibility index (Phi) is 2.28. The third-order valence-corrected chi connectivity index (χ3v) is 3.71. The quantitative estimate of drug-likeness (QED) is 0.718. The highest BCUT2D eigenvalue weighted by Crippen LogP contribution is 2.32. The van der Waals surface area contributed by atoms with Gasteiger partial charge in [-0.3, -0.25) is 0 Å². The van der Waals surface area contributed by atoms with Crippen molar-refractivity contribution < 1.29 is 4.39 Å². The van der Waals surface area contributed by atoms with Crippen molar-refractivity contribution in [3.63, 3.8) is 0 Å². The lowest BCUT2D eigenvalue weighted by Gasteiger charge is -2.22. The Morgan fingerprint density at radius 2 is 2.31 bits per heavy atom. The molecule has 0 saturated carbocycles. The number of aryl methyl sites for hydroxylation is 1. The molecule has 0 fully saturated rings. The number of fused-ring (bicyclic) bond motifs is 3. The van der Waals surface area contributed by atoms with E-state index in [4.69, 9.17) is 0 Å². The molecule has 84 valence electrons. The molecule has 0 radical (unpaired) electrons. The Hall–Kier alpha value is -0.900. The summed E-state index contributed by atoms with van der Waals surface area (Å²) >= 11 is 3.33. The molecule has 1 unspecified atom stereocenters. The molecule has 0 bridgehead atoms. The van der Waals surface area contributed by atoms with Crippen molar-refractivity contribution in [2.24, 2.45) is 0 Å². The van der Waals surface area contributed by atoms with E-state index in [0.29, 0.717) is 11.6 Å². The van der Waals surface area contributed by atoms with Crippen LogP contribution in [0.4, 0.5) is 4.39 Å². The topological polar surface area (TPSA) is 17.8 Å². The average Bonchev–Trinajstić information content (AvgIpc) is 2.58. The number of halogens is 2. The molecular weight excluding hydrogens is 271 g/mol. The molecule has 1 atom stereocenters. The van der Waals surface area contributed by atoms with Crippen LogP contribution < -0.4 is 0 Å². The molecule has 0 N–H and O–H groups in total. The van der Waals surface area contributed by atoms with Crippen LogP contribution in [0.15, 0.2) is 16.6 Å². The van der Waals surface area contributed by atoms with Crippen LogP contribution in [0.1, 0.15) is 31.6 Å². The third kappa shape index (κ3) is 1.39. The maximum absolute atomic E-state index is 13.8. The van der Waals surface area contributed by atoms with Crippen LogP contribution in [0.2, 0.25) is 0 Å². The first kappa shape index (κ1) is 10.3. The zero-order chi connectivity index (χ0) is 11.3. The van der Waals surface area contributed by atoms with Gasteiger partial charge in [0.15, 0.2) is 5.82 Å². The molecule has 0 aliphatic carbocycles. The van der Waals surface area contributed by atoms with Gasteiger partial charge in [-0.05, 0) is 31.9 Å². The lowest BCUT2D eigenvalue weighted by molar-refractivity contribution is 0.435. The molecule has 0 spiro atoms. The summed E-state index contributed by atoms with van der Waals surface area (Å²) in [6, 6.07) is 3.85. The second-order valence-corrected chi connectivity index (χ2v) is 5.31. The second-order valence-electron chi connectivity index (χ2n) is 4.39. The van der Waals surface area contributed by atoms with E-state index in [-0.39, 0.29) is 5.82 Å². The molecule has 16 heavy (non-hydrogen) atoms. The van der Waals surface area contributed by atoms with E-state index >= 15 is 0 Å². The Balaban J connectivity index is 2.38. The average molecular weight is 283 g/mol. The van der Waals surface area contributed by atoms with Crippen LogP contribution in [0.3, 0.4) is 0 Å². The van der Waals surface area contributed by atoms with E-state index in [1.54, 1.807) is 0 Å². The van der Waals surface area contributed by atoms with Crippen LogP contribution in [-0.2, 0) is 6.42 Å². The molecular formula is C12H12BrFN2. The standard InChI is InChI=1S/C12H12BrFN2/c1-7-3-2-4-11-15-12-9(14)5-8(13)6-10(12)16(7)11/h5-7H,2-4H2,1H3. The summed E-state index contributed by atoms with van der Waals surface area (Å²) in [5, 5.41) is 0. The Morgan fingerprint density at radius 1 is 1.50 bits per heavy atom. The van der Waals surface area contributed by atoms with Crippen molar-refractivity contribution in [2.45, 2.75) is 32.2 Å². The van der Waals surface area contributed by atoms with Gasteiger partial charge in [-0.1, -0.05) is 15.9 Å². The maximum atomic E-state index is 13.8. The number of benzene rings is 1. The van der Waals surface area contributed by atoms with E-state index in [2.05, 4.69) is 32.4 Å². The third-order valence-electron chi connectivity index (χ3n) is 3.25. The fourth-order valence-electron chi connectivity index (χ4n) is 2.52. The molecule has 3 rings (SSSR count). The van der Waals surface area contributed by atoms with Gasteiger partial charge in [0.25, 0.3) is 0 Å². The SMILES string of the molecule is CC1CCCc2nc3c(F)cc(Br)cc3n21. The van der Waals surface area contributed by atoms with Crippen LogP contribution in [0.5, 0.6) is 0 Å². The van der Waals surface area contributed by atoms with E-state index in [0.717, 1.165) is 35.1 Å². The van der Waals surface area contributed by atoms with Gasteiger partial charge in [0.2, 0.25) is 0 Å². The number of imidazole rings is 1. The number of hydrogen-bond acceptors (Lipinski definition) is 1. The molecule has 4 heteroatoms. The minimum absolute atomic E-state index is 0.238. The van der Waals surface area contributed by atoms with E-state index in [9.17, 15) is 4.39 Å². The molecule has 2 aromatic rings. The minimum atomic E-state index is -0.238. The van der Waals surface area contributed by atoms with Crippen LogP contribution in [-0.4, -0.2) is 9.55 Å². The van der Waals surface area contributed by atoms with Crippen molar-refractivity contribution in [3.8, 4) is 0 Å². The Labute approximate surface area is 102 Å². The first-order chi connectivity index (χ1) is 7.66. The summed E-state index contributed by atoms with van der Waals surface area (Å²) in [6.45, 7) is 2.17. The minimum Gasteiger partial charge on any atom is -0.325 e. The van der Waals surface area contributed by atoms with Gasteiger partial charge < -0.3 is 4.57 Å². The second kappa shape index (κ2) is 3.55. The van der Waals surface area contributed by atoms with Crippen molar-refractivity contribution in [2.75, 3.05) is 0 Å². The van der Waals surface area contributed by atoms with Crippen LogP contribution >= 0.6 is 15.9 Å². The normalized spacial score (nSPS) is 20.1. The lowest BCUT2D eigenvalue weighted by Crippen LogP contribution is -2.14. The number of rotatable bonds is 0. The summed E-state index contributed by atoms with van der Waals surface area (Å²) in [4.78, 5) is 4.41. The fourth-order valence-corrected chi connectivity index (χ4v) is 2.94. The summed E-state index contributed by atoms with van der Waals surface area (Å²) in [6.07, 6.45) is 3.25. The molecule has 1 aromatic heterocycles. The highest BCUT2D eigenvalue weighted by molar-refractivity contribution is 9.10. The van der Waals surface area contributed by atoms with Crippen molar-refractivity contribution >= 4 is 27.0 Å². The van der Waals surface area contributed by atoms with Gasteiger partial charge in [-0.2, -0.15) is 0 Å². The summed E-state index contributed by atoms with van der Waals surface area (Å²) in [5.41, 5.74) is 1.42. The van der Waals surface area contributed by atoms with E-state index in [1.165, 1.54) is 6.07 Å². The molecule has 0 saturated heterocycles. The van der Waals surface area contributed by atoms with Gasteiger partial charge in [0.05, 0.1) is 5.52 Å². The summed E-state index contributed by atoms with van der Waals surface area (Å²) in [5.74, 6) is 0.782. The summed E-state index contributed by atoms with van der Waals surface area (Å²) < 4.78 is 16.7. The molecule has 1 aromatic carbocycles. The van der Waals surface area contributed by atoms with Crippen molar-refractivity contribution in [3.05, 3.63) is 28.2 Å². The molecule has 1 aliphatic heterocycles. The highest BCUT2D eigenvalue weighted by atomic mass is 79.9. The Bertz CT molecular complexity index is 562. The van der Waals surface area contributed by atoms with E-state index in [1.807, 2.05) is 6.07 Å². The molecule has 0 amide bonds. The van der Waals surface area contributed by atoms with Gasteiger partial charge in [-0.25, -0.2) is 9.37 Å². The highest BCUT2D eigenvalue weighted by Gasteiger charge is 2.21. The molecule has 1 aliphatic rings. The first-order valence-corrected chi connectivity index (χ1v) is 6.32. The van der Waals surface area contributed by atoms with Gasteiger partial charge >= 0.3 is 0 Å². The van der Waals surface area contributed by atoms with Gasteiger partial charge in [0.1, 0.15) is 11.3 Å². The van der Waals surface area contributed by atoms with Crippen molar-refractivity contribution in [1.29, 1.82) is 0 Å². The van der Waals surface area contributed by atoms with Crippen LogP contribution in [0.25, 0.3) is 11.0 Å². The zero-order valence-electron chi connectivity index (χ0n) is 9.00.